The molecular formula is C12H14N4O3. The van der Waals surface area contributed by atoms with Gasteiger partial charge in [-0.25, -0.2) is 0 Å². The molecule has 0 N–H and O–H groups in total. The number of rotatable bonds is 5. The molecule has 0 saturated heterocycles. The van der Waals surface area contributed by atoms with Crippen LogP contribution in [0, 0.1) is 6.92 Å². The average Bonchev–Trinajstić information content (AvgIpc) is 2.40. The fourth-order valence-electron chi connectivity index (χ4n) is 1.34. The van der Waals surface area contributed by atoms with Gasteiger partial charge in [-0.2, -0.15) is 9.97 Å². The van der Waals surface area contributed by atoms with Crippen LogP contribution in [0.15, 0.2) is 18.2 Å². The van der Waals surface area contributed by atoms with E-state index in [2.05, 4.69) is 20.2 Å². The third-order valence-electron chi connectivity index (χ3n) is 2.12. The van der Waals surface area contributed by atoms with E-state index < -0.39 is 0 Å². The third kappa shape index (κ3) is 3.51. The zero-order chi connectivity index (χ0) is 13.7. The summed E-state index contributed by atoms with van der Waals surface area (Å²) in [6.07, 6.45) is 0. The van der Waals surface area contributed by atoms with Crippen LogP contribution in [-0.2, 0) is 0 Å². The molecule has 2 aromatic heterocycles. The van der Waals surface area contributed by atoms with Gasteiger partial charge in [-0.1, -0.05) is 0 Å². The van der Waals surface area contributed by atoms with Crippen molar-refractivity contribution in [1.82, 2.24) is 20.2 Å². The quantitative estimate of drug-likeness (QED) is 0.812. The van der Waals surface area contributed by atoms with Gasteiger partial charge in [-0.3, -0.25) is 0 Å². The van der Waals surface area contributed by atoms with Gasteiger partial charge < -0.3 is 14.2 Å². The molecular weight excluding hydrogens is 248 g/mol. The Bertz CT molecular complexity index is 545. The molecule has 0 aliphatic heterocycles. The molecule has 7 nitrogen and oxygen atoms in total. The van der Waals surface area contributed by atoms with Crippen molar-refractivity contribution in [3.63, 3.8) is 0 Å². The van der Waals surface area contributed by atoms with Gasteiger partial charge in [0.2, 0.25) is 17.6 Å². The van der Waals surface area contributed by atoms with Gasteiger partial charge in [0.05, 0.1) is 13.7 Å². The first-order chi connectivity index (χ1) is 9.21. The van der Waals surface area contributed by atoms with E-state index in [0.717, 1.165) is 5.69 Å². The molecule has 0 spiro atoms. The maximum atomic E-state index is 5.40. The highest BCUT2D eigenvalue weighted by atomic mass is 16.5. The molecule has 100 valence electrons. The molecule has 0 unspecified atom stereocenters. The second-order valence-electron chi connectivity index (χ2n) is 3.58. The van der Waals surface area contributed by atoms with Crippen molar-refractivity contribution in [3.8, 4) is 23.7 Å². The Kier molecular flexibility index (Phi) is 4.07. The van der Waals surface area contributed by atoms with Gasteiger partial charge in [-0.15, -0.1) is 10.2 Å². The van der Waals surface area contributed by atoms with Gasteiger partial charge in [0.15, 0.2) is 0 Å². The lowest BCUT2D eigenvalue weighted by molar-refractivity contribution is 0.317. The molecule has 0 radical (unpaired) electrons. The third-order valence-corrected chi connectivity index (χ3v) is 2.12. The van der Waals surface area contributed by atoms with Gasteiger partial charge in [0.1, 0.15) is 0 Å². The van der Waals surface area contributed by atoms with Gasteiger partial charge in [0.25, 0.3) is 0 Å². The Morgan fingerprint density at radius 3 is 2.42 bits per heavy atom. The Balaban J connectivity index is 2.14. The van der Waals surface area contributed by atoms with E-state index in [0.29, 0.717) is 18.4 Å². The smallest absolute Gasteiger partial charge is 0.326 e. The molecule has 0 atom stereocenters. The van der Waals surface area contributed by atoms with Gasteiger partial charge in [0, 0.05) is 23.9 Å². The predicted octanol–water partition coefficient (Wildman–Crippen LogP) is 1.77. The molecule has 19 heavy (non-hydrogen) atoms. The molecule has 2 rings (SSSR count). The zero-order valence-corrected chi connectivity index (χ0v) is 11.0. The molecule has 0 amide bonds. The first-order valence-corrected chi connectivity index (χ1v) is 5.75. The fraction of sp³-hybridized carbons (Fsp3) is 0.333. The summed E-state index contributed by atoms with van der Waals surface area (Å²) < 4.78 is 15.6. The number of aryl methyl sites for hydroxylation is 1. The van der Waals surface area contributed by atoms with E-state index in [1.54, 1.807) is 18.2 Å². The second-order valence-corrected chi connectivity index (χ2v) is 3.58. The molecule has 0 bridgehead atoms. The maximum Gasteiger partial charge on any atom is 0.326 e. The number of ether oxygens (including phenoxy) is 3. The van der Waals surface area contributed by atoms with Crippen LogP contribution in [0.5, 0.6) is 23.7 Å². The largest absolute Gasteiger partial charge is 0.481 e. The first-order valence-electron chi connectivity index (χ1n) is 5.75. The summed E-state index contributed by atoms with van der Waals surface area (Å²) >= 11 is 0. The molecule has 2 heterocycles. The first kappa shape index (κ1) is 13.0. The summed E-state index contributed by atoms with van der Waals surface area (Å²) in [6, 6.07) is 5.17. The average molecular weight is 262 g/mol. The molecule has 0 aromatic carbocycles. The van der Waals surface area contributed by atoms with Crippen molar-refractivity contribution in [2.75, 3.05) is 13.7 Å². The number of methoxy groups -OCH3 is 1. The van der Waals surface area contributed by atoms with Gasteiger partial charge >= 0.3 is 6.01 Å². The van der Waals surface area contributed by atoms with Crippen molar-refractivity contribution >= 4 is 0 Å². The number of hydrogen-bond acceptors (Lipinski definition) is 7. The Morgan fingerprint density at radius 1 is 1.05 bits per heavy atom. The number of nitrogens with zero attached hydrogens (tertiary/aromatic N) is 4. The molecule has 0 aliphatic carbocycles. The molecule has 7 heteroatoms. The normalized spacial score (nSPS) is 10.1. The summed E-state index contributed by atoms with van der Waals surface area (Å²) in [5.41, 5.74) is 0.737. The molecule has 2 aromatic rings. The SMILES string of the molecule is CCOc1ccc(Oc2nc(C)cc(OC)n2)nn1. The molecule has 0 fully saturated rings. The zero-order valence-electron chi connectivity index (χ0n) is 11.0. The van der Waals surface area contributed by atoms with E-state index in [9.17, 15) is 0 Å². The maximum absolute atomic E-state index is 5.40. The summed E-state index contributed by atoms with van der Waals surface area (Å²) in [5.74, 6) is 1.16. The summed E-state index contributed by atoms with van der Waals surface area (Å²) in [5, 5.41) is 7.71. The van der Waals surface area contributed by atoms with Crippen molar-refractivity contribution in [2.45, 2.75) is 13.8 Å². The van der Waals surface area contributed by atoms with Crippen LogP contribution in [0.25, 0.3) is 0 Å². The van der Waals surface area contributed by atoms with Crippen molar-refractivity contribution in [1.29, 1.82) is 0 Å². The van der Waals surface area contributed by atoms with Crippen molar-refractivity contribution in [2.24, 2.45) is 0 Å². The van der Waals surface area contributed by atoms with Crippen LogP contribution in [0.1, 0.15) is 12.6 Å². The minimum absolute atomic E-state index is 0.162. The highest BCUT2D eigenvalue weighted by molar-refractivity contribution is 5.22. The van der Waals surface area contributed by atoms with E-state index in [-0.39, 0.29) is 11.9 Å². The van der Waals surface area contributed by atoms with E-state index in [1.165, 1.54) is 7.11 Å². The topological polar surface area (TPSA) is 79.2 Å². The van der Waals surface area contributed by atoms with Gasteiger partial charge in [-0.05, 0) is 13.8 Å². The van der Waals surface area contributed by atoms with Crippen LogP contribution in [0.3, 0.4) is 0 Å². The molecule has 0 aliphatic rings. The van der Waals surface area contributed by atoms with Crippen LogP contribution in [0.2, 0.25) is 0 Å². The summed E-state index contributed by atoms with van der Waals surface area (Å²) in [6.45, 7) is 4.23. The Labute approximate surface area is 110 Å². The Hall–Kier alpha value is -2.44. The predicted molar refractivity (Wildman–Crippen MR) is 66.6 cm³/mol. The minimum atomic E-state index is 0.162. The Morgan fingerprint density at radius 2 is 1.79 bits per heavy atom. The van der Waals surface area contributed by atoms with E-state index in [4.69, 9.17) is 14.2 Å². The number of aromatic nitrogens is 4. The van der Waals surface area contributed by atoms with Crippen LogP contribution < -0.4 is 14.2 Å². The highest BCUT2D eigenvalue weighted by Crippen LogP contribution is 2.19. The minimum Gasteiger partial charge on any atom is -0.481 e. The second kappa shape index (κ2) is 5.94. The standard InChI is InChI=1S/C12H14N4O3/c1-4-18-9-5-6-10(16-15-9)19-12-13-8(2)7-11(14-12)17-3/h5-7H,4H2,1-3H3. The lowest BCUT2D eigenvalue weighted by Crippen LogP contribution is -2.00. The van der Waals surface area contributed by atoms with Crippen molar-refractivity contribution < 1.29 is 14.2 Å². The lowest BCUT2D eigenvalue weighted by atomic mass is 10.4. The molecule has 0 saturated carbocycles. The lowest BCUT2D eigenvalue weighted by Gasteiger charge is -2.06. The summed E-state index contributed by atoms with van der Waals surface area (Å²) in [4.78, 5) is 8.18. The highest BCUT2D eigenvalue weighted by Gasteiger charge is 2.06. The summed E-state index contributed by atoms with van der Waals surface area (Å²) in [7, 11) is 1.53. The van der Waals surface area contributed by atoms with Crippen molar-refractivity contribution in [3.05, 3.63) is 23.9 Å². The monoisotopic (exact) mass is 262 g/mol. The van der Waals surface area contributed by atoms with Crippen LogP contribution in [0.4, 0.5) is 0 Å². The number of hydrogen-bond donors (Lipinski definition) is 0. The van der Waals surface area contributed by atoms with E-state index >= 15 is 0 Å². The van der Waals surface area contributed by atoms with E-state index in [1.807, 2.05) is 13.8 Å². The fourth-order valence-corrected chi connectivity index (χ4v) is 1.34. The van der Waals surface area contributed by atoms with Crippen LogP contribution >= 0.6 is 0 Å². The van der Waals surface area contributed by atoms with Crippen LogP contribution in [-0.4, -0.2) is 33.9 Å².